The Balaban J connectivity index is 1.98. The lowest BCUT2D eigenvalue weighted by molar-refractivity contribution is 0.0754. The molecule has 5 heteroatoms. The number of ether oxygens (including phenoxy) is 2. The van der Waals surface area contributed by atoms with Crippen LogP contribution in [0.15, 0.2) is 72.8 Å². The molecule has 0 fully saturated rings. The van der Waals surface area contributed by atoms with Crippen molar-refractivity contribution in [3.63, 3.8) is 0 Å². The number of nitrogens with zero attached hydrogens (tertiary/aromatic N) is 1. The van der Waals surface area contributed by atoms with Crippen molar-refractivity contribution in [3.05, 3.63) is 95.3 Å². The highest BCUT2D eigenvalue weighted by atomic mass is 19.1. The Hall–Kier alpha value is -3.34. The minimum atomic E-state index is -0.359. The fourth-order valence-corrected chi connectivity index (χ4v) is 3.32. The topological polar surface area (TPSA) is 38.8 Å². The van der Waals surface area contributed by atoms with E-state index in [9.17, 15) is 9.18 Å². The van der Waals surface area contributed by atoms with Crippen molar-refractivity contribution in [1.29, 1.82) is 0 Å². The van der Waals surface area contributed by atoms with Crippen LogP contribution in [0.25, 0.3) is 0 Å². The second-order valence-corrected chi connectivity index (χ2v) is 6.58. The minimum Gasteiger partial charge on any atom is -0.493 e. The molecule has 0 spiro atoms. The molecule has 0 aliphatic carbocycles. The molecule has 0 N–H and O–H groups in total. The number of carbonyl (C=O) groups is 1. The monoisotopic (exact) mass is 393 g/mol. The van der Waals surface area contributed by atoms with Crippen LogP contribution in [-0.2, 0) is 0 Å². The lowest BCUT2D eigenvalue weighted by atomic mass is 9.96. The molecule has 0 bridgehead atoms. The molecule has 29 heavy (non-hydrogen) atoms. The first kappa shape index (κ1) is 20.4. The highest BCUT2D eigenvalue weighted by Crippen LogP contribution is 2.32. The van der Waals surface area contributed by atoms with Gasteiger partial charge in [-0.2, -0.15) is 0 Å². The zero-order valence-corrected chi connectivity index (χ0v) is 16.8. The van der Waals surface area contributed by atoms with Crippen LogP contribution >= 0.6 is 0 Å². The van der Waals surface area contributed by atoms with Gasteiger partial charge in [-0.05, 0) is 48.4 Å². The Kier molecular flexibility index (Phi) is 6.50. The van der Waals surface area contributed by atoms with E-state index in [0.717, 1.165) is 11.1 Å². The summed E-state index contributed by atoms with van der Waals surface area (Å²) >= 11 is 0. The molecule has 150 valence electrons. The third kappa shape index (κ3) is 4.57. The SMILES string of the molecule is CCOc1ccc(C(=O)N(C)C(c2ccccc2)c2ccc(F)cc2)cc1OC. The molecular formula is C24H24FNO3. The first-order valence-electron chi connectivity index (χ1n) is 9.43. The highest BCUT2D eigenvalue weighted by molar-refractivity contribution is 5.95. The number of halogens is 1. The number of methoxy groups -OCH3 is 1. The first-order valence-corrected chi connectivity index (χ1v) is 9.43. The highest BCUT2D eigenvalue weighted by Gasteiger charge is 2.25. The lowest BCUT2D eigenvalue weighted by Crippen LogP contribution is -2.32. The summed E-state index contributed by atoms with van der Waals surface area (Å²) in [5.74, 6) is 0.604. The van der Waals surface area contributed by atoms with Crippen LogP contribution in [0.1, 0.15) is 34.5 Å². The summed E-state index contributed by atoms with van der Waals surface area (Å²) in [6, 6.07) is 20.7. The molecule has 0 radical (unpaired) electrons. The molecule has 1 atom stereocenters. The van der Waals surface area contributed by atoms with Crippen LogP contribution in [0, 0.1) is 5.82 Å². The van der Waals surface area contributed by atoms with Crippen molar-refractivity contribution in [2.24, 2.45) is 0 Å². The van der Waals surface area contributed by atoms with Crippen molar-refractivity contribution in [3.8, 4) is 11.5 Å². The van der Waals surface area contributed by atoms with Crippen molar-refractivity contribution >= 4 is 5.91 Å². The normalized spacial score (nSPS) is 11.6. The molecule has 0 aromatic heterocycles. The third-order valence-corrected chi connectivity index (χ3v) is 4.72. The molecule has 3 aromatic carbocycles. The number of carbonyl (C=O) groups excluding carboxylic acids is 1. The van der Waals surface area contributed by atoms with E-state index in [-0.39, 0.29) is 17.8 Å². The zero-order valence-electron chi connectivity index (χ0n) is 16.8. The predicted octanol–water partition coefficient (Wildman–Crippen LogP) is 5.09. The molecule has 3 rings (SSSR count). The summed E-state index contributed by atoms with van der Waals surface area (Å²) in [4.78, 5) is 14.9. The number of hydrogen-bond acceptors (Lipinski definition) is 3. The van der Waals surface area contributed by atoms with E-state index in [2.05, 4.69) is 0 Å². The van der Waals surface area contributed by atoms with Gasteiger partial charge in [0.2, 0.25) is 0 Å². The van der Waals surface area contributed by atoms with Gasteiger partial charge in [0.25, 0.3) is 5.91 Å². The summed E-state index contributed by atoms with van der Waals surface area (Å²) in [6.07, 6.45) is 0. The fraction of sp³-hybridized carbons (Fsp3) is 0.208. The summed E-state index contributed by atoms with van der Waals surface area (Å²) < 4.78 is 24.4. The largest absolute Gasteiger partial charge is 0.493 e. The molecule has 1 amide bonds. The number of benzene rings is 3. The Labute approximate surface area is 170 Å². The summed E-state index contributed by atoms with van der Waals surface area (Å²) in [6.45, 7) is 2.39. The predicted molar refractivity (Wildman–Crippen MR) is 111 cm³/mol. The van der Waals surface area contributed by atoms with Gasteiger partial charge in [0, 0.05) is 12.6 Å². The smallest absolute Gasteiger partial charge is 0.254 e. The molecular weight excluding hydrogens is 369 g/mol. The maximum absolute atomic E-state index is 13.5. The summed E-state index contributed by atoms with van der Waals surface area (Å²) in [7, 11) is 3.29. The Morgan fingerprint density at radius 3 is 2.24 bits per heavy atom. The molecule has 0 aliphatic rings. The molecule has 0 aliphatic heterocycles. The van der Waals surface area contributed by atoms with Crippen molar-refractivity contribution < 1.29 is 18.7 Å². The number of hydrogen-bond donors (Lipinski definition) is 0. The molecule has 4 nitrogen and oxygen atoms in total. The van der Waals surface area contributed by atoms with Crippen LogP contribution in [0.2, 0.25) is 0 Å². The average Bonchev–Trinajstić information content (AvgIpc) is 2.76. The van der Waals surface area contributed by atoms with Gasteiger partial charge in [-0.25, -0.2) is 4.39 Å². The van der Waals surface area contributed by atoms with Crippen molar-refractivity contribution in [2.75, 3.05) is 20.8 Å². The Morgan fingerprint density at radius 2 is 1.62 bits per heavy atom. The van der Waals surface area contributed by atoms with E-state index in [0.29, 0.717) is 23.7 Å². The van der Waals surface area contributed by atoms with Gasteiger partial charge in [0.1, 0.15) is 5.82 Å². The van der Waals surface area contributed by atoms with Gasteiger partial charge >= 0.3 is 0 Å². The standard InChI is InChI=1S/C24H24FNO3/c1-4-29-21-15-12-19(16-22(21)28-3)24(27)26(2)23(17-8-6-5-7-9-17)18-10-13-20(25)14-11-18/h5-16,23H,4H2,1-3H3. The van der Waals surface area contributed by atoms with Gasteiger partial charge < -0.3 is 14.4 Å². The fourth-order valence-electron chi connectivity index (χ4n) is 3.32. The van der Waals surface area contributed by atoms with E-state index in [1.165, 1.54) is 12.1 Å². The average molecular weight is 393 g/mol. The maximum atomic E-state index is 13.5. The van der Waals surface area contributed by atoms with Gasteiger partial charge in [-0.1, -0.05) is 42.5 Å². The molecule has 0 saturated heterocycles. The first-order chi connectivity index (χ1) is 14.0. The summed E-state index contributed by atoms with van der Waals surface area (Å²) in [5, 5.41) is 0. The Bertz CT molecular complexity index is 958. The van der Waals surface area contributed by atoms with Gasteiger partial charge in [0.05, 0.1) is 19.8 Å². The number of amides is 1. The zero-order chi connectivity index (χ0) is 20.8. The quantitative estimate of drug-likeness (QED) is 0.561. The van der Waals surface area contributed by atoms with E-state index in [1.807, 2.05) is 37.3 Å². The van der Waals surface area contributed by atoms with Crippen LogP contribution in [0.4, 0.5) is 4.39 Å². The van der Waals surface area contributed by atoms with Gasteiger partial charge in [-0.15, -0.1) is 0 Å². The Morgan fingerprint density at radius 1 is 0.966 bits per heavy atom. The van der Waals surface area contributed by atoms with E-state index < -0.39 is 0 Å². The third-order valence-electron chi connectivity index (χ3n) is 4.72. The van der Waals surface area contributed by atoms with E-state index in [1.54, 1.807) is 49.4 Å². The van der Waals surface area contributed by atoms with Gasteiger partial charge in [0.15, 0.2) is 11.5 Å². The van der Waals surface area contributed by atoms with Crippen LogP contribution in [-0.4, -0.2) is 31.6 Å². The van der Waals surface area contributed by atoms with Gasteiger partial charge in [-0.3, -0.25) is 4.79 Å². The molecule has 3 aromatic rings. The van der Waals surface area contributed by atoms with E-state index in [4.69, 9.17) is 9.47 Å². The second-order valence-electron chi connectivity index (χ2n) is 6.58. The molecule has 1 unspecified atom stereocenters. The van der Waals surface area contributed by atoms with Crippen LogP contribution in [0.3, 0.4) is 0 Å². The van der Waals surface area contributed by atoms with Crippen molar-refractivity contribution in [1.82, 2.24) is 4.90 Å². The van der Waals surface area contributed by atoms with Crippen molar-refractivity contribution in [2.45, 2.75) is 13.0 Å². The maximum Gasteiger partial charge on any atom is 0.254 e. The second kappa shape index (κ2) is 9.24. The number of rotatable bonds is 7. The van der Waals surface area contributed by atoms with E-state index >= 15 is 0 Å². The lowest BCUT2D eigenvalue weighted by Gasteiger charge is -2.29. The molecule has 0 saturated carbocycles. The van der Waals surface area contributed by atoms with Crippen LogP contribution < -0.4 is 9.47 Å². The molecule has 0 heterocycles. The summed E-state index contributed by atoms with van der Waals surface area (Å²) in [5.41, 5.74) is 2.25. The van der Waals surface area contributed by atoms with Crippen LogP contribution in [0.5, 0.6) is 11.5 Å². The minimum absolute atomic E-state index is 0.176.